The summed E-state index contributed by atoms with van der Waals surface area (Å²) in [6.45, 7) is 10.3. The summed E-state index contributed by atoms with van der Waals surface area (Å²) in [6.07, 6.45) is 0.563. The Labute approximate surface area is 239 Å². The van der Waals surface area contributed by atoms with E-state index in [0.717, 1.165) is 34.7 Å². The molecule has 2 aromatic carbocycles. The van der Waals surface area contributed by atoms with E-state index in [0.29, 0.717) is 43.7 Å². The Bertz CT molecular complexity index is 1330. The Kier molecular flexibility index (Phi) is 9.65. The maximum Gasteiger partial charge on any atom is 0.407 e. The van der Waals surface area contributed by atoms with Gasteiger partial charge in [0.05, 0.1) is 18.9 Å². The van der Waals surface area contributed by atoms with Gasteiger partial charge in [0, 0.05) is 42.8 Å². The van der Waals surface area contributed by atoms with E-state index in [2.05, 4.69) is 45.8 Å². The lowest BCUT2D eigenvalue weighted by atomic mass is 10.1. The number of carbonyl (C=O) groups excluding carboxylic acids is 2. The lowest BCUT2D eigenvalue weighted by Crippen LogP contribution is -2.34. The molecule has 0 spiro atoms. The molecule has 2 heterocycles. The van der Waals surface area contributed by atoms with Crippen molar-refractivity contribution in [2.24, 2.45) is 0 Å². The first kappa shape index (κ1) is 29.4. The van der Waals surface area contributed by atoms with Crippen molar-refractivity contribution in [2.45, 2.75) is 46.3 Å². The van der Waals surface area contributed by atoms with Crippen LogP contribution in [0, 0.1) is 6.92 Å². The number of aryl methyl sites for hydroxylation is 1. The highest BCUT2D eigenvalue weighted by Gasteiger charge is 2.20. The van der Waals surface area contributed by atoms with Gasteiger partial charge in [0.2, 0.25) is 0 Å². The van der Waals surface area contributed by atoms with Crippen LogP contribution < -0.4 is 20.3 Å². The predicted octanol–water partition coefficient (Wildman–Crippen LogP) is 4.96. The van der Waals surface area contributed by atoms with Crippen molar-refractivity contribution in [1.29, 1.82) is 0 Å². The zero-order chi connectivity index (χ0) is 28.7. The van der Waals surface area contributed by atoms with Gasteiger partial charge in [-0.15, -0.1) is 11.3 Å². The standard InChI is InChI=1S/C30H38N4O5S/c1-20-26(23-9-10-25-22(18-23)11-13-34(25)5)33-28(40-20)27(35)32-19-21-7-6-8-24(17-21)38-16-15-37-14-12-31-29(36)39-30(2,3)4/h6-10,17-18H,11-16,19H2,1-5H3,(H,31,36)(H,32,35). The molecule has 1 aliphatic heterocycles. The van der Waals surface area contributed by atoms with Crippen molar-refractivity contribution >= 4 is 29.0 Å². The molecule has 3 aromatic rings. The van der Waals surface area contributed by atoms with E-state index in [1.54, 1.807) is 0 Å². The number of alkyl carbamates (subject to hydrolysis) is 1. The SMILES string of the molecule is Cc1sc(C(=O)NCc2cccc(OCCOCCNC(=O)OC(C)(C)C)c2)nc1-c1ccc2c(c1)CCN2C. The summed E-state index contributed by atoms with van der Waals surface area (Å²) in [5.74, 6) is 0.497. The highest BCUT2D eigenvalue weighted by Crippen LogP contribution is 2.34. The molecule has 2 N–H and O–H groups in total. The third-order valence-corrected chi connectivity index (χ3v) is 7.20. The maximum atomic E-state index is 12.9. The second kappa shape index (κ2) is 13.1. The number of ether oxygens (including phenoxy) is 3. The Morgan fingerprint density at radius 2 is 1.90 bits per heavy atom. The van der Waals surface area contributed by atoms with Crippen LogP contribution in [0.4, 0.5) is 10.5 Å². The Morgan fingerprint density at radius 1 is 1.07 bits per heavy atom. The second-order valence-electron chi connectivity index (χ2n) is 10.7. The fourth-order valence-corrected chi connectivity index (χ4v) is 5.19. The summed E-state index contributed by atoms with van der Waals surface area (Å²) in [4.78, 5) is 32.5. The van der Waals surface area contributed by atoms with Crippen LogP contribution in [0.25, 0.3) is 11.3 Å². The minimum absolute atomic E-state index is 0.194. The monoisotopic (exact) mass is 566 g/mol. The van der Waals surface area contributed by atoms with Crippen molar-refractivity contribution in [2.75, 3.05) is 44.9 Å². The number of benzene rings is 2. The average Bonchev–Trinajstić information content (AvgIpc) is 3.48. The van der Waals surface area contributed by atoms with Crippen LogP contribution in [-0.2, 0) is 22.4 Å². The van der Waals surface area contributed by atoms with E-state index in [1.165, 1.54) is 22.6 Å². The number of hydrogen-bond acceptors (Lipinski definition) is 8. The predicted molar refractivity (Wildman–Crippen MR) is 157 cm³/mol. The fraction of sp³-hybridized carbons (Fsp3) is 0.433. The van der Waals surface area contributed by atoms with E-state index in [-0.39, 0.29) is 5.91 Å². The van der Waals surface area contributed by atoms with Crippen molar-refractivity contribution in [3.8, 4) is 17.0 Å². The van der Waals surface area contributed by atoms with Gasteiger partial charge in [0.1, 0.15) is 18.0 Å². The van der Waals surface area contributed by atoms with Gasteiger partial charge in [-0.1, -0.05) is 18.2 Å². The first-order chi connectivity index (χ1) is 19.1. The minimum Gasteiger partial charge on any atom is -0.491 e. The number of aromatic nitrogens is 1. The largest absolute Gasteiger partial charge is 0.491 e. The molecule has 214 valence electrons. The van der Waals surface area contributed by atoms with E-state index in [4.69, 9.17) is 14.2 Å². The molecule has 0 saturated carbocycles. The number of carbonyl (C=O) groups is 2. The maximum absolute atomic E-state index is 12.9. The van der Waals surface area contributed by atoms with Crippen LogP contribution in [0.3, 0.4) is 0 Å². The Morgan fingerprint density at radius 3 is 2.70 bits per heavy atom. The summed E-state index contributed by atoms with van der Waals surface area (Å²) < 4.78 is 16.5. The van der Waals surface area contributed by atoms with E-state index >= 15 is 0 Å². The van der Waals surface area contributed by atoms with Gasteiger partial charge in [-0.25, -0.2) is 9.78 Å². The number of fused-ring (bicyclic) bond motifs is 1. The zero-order valence-corrected chi connectivity index (χ0v) is 24.7. The van der Waals surface area contributed by atoms with Gasteiger partial charge in [-0.2, -0.15) is 0 Å². The van der Waals surface area contributed by atoms with Gasteiger partial charge in [-0.3, -0.25) is 4.79 Å². The molecular weight excluding hydrogens is 528 g/mol. The van der Waals surface area contributed by atoms with Crippen molar-refractivity contribution < 1.29 is 23.8 Å². The summed E-state index contributed by atoms with van der Waals surface area (Å²) in [5.41, 5.74) is 4.90. The second-order valence-corrected chi connectivity index (χ2v) is 11.9. The molecule has 2 amide bonds. The third kappa shape index (κ3) is 8.19. The highest BCUT2D eigenvalue weighted by atomic mass is 32.1. The smallest absolute Gasteiger partial charge is 0.407 e. The number of thiazole rings is 1. The molecule has 0 radical (unpaired) electrons. The molecule has 4 rings (SSSR count). The van der Waals surface area contributed by atoms with Gasteiger partial charge in [0.25, 0.3) is 5.91 Å². The number of rotatable bonds is 11. The lowest BCUT2D eigenvalue weighted by molar-refractivity contribution is 0.0488. The average molecular weight is 567 g/mol. The van der Waals surface area contributed by atoms with Gasteiger partial charge in [-0.05, 0) is 69.5 Å². The topological polar surface area (TPSA) is 102 Å². The normalized spacial score (nSPS) is 12.7. The molecule has 9 nitrogen and oxygen atoms in total. The van der Waals surface area contributed by atoms with Crippen LogP contribution in [0.1, 0.15) is 46.6 Å². The minimum atomic E-state index is -0.528. The molecule has 0 aliphatic carbocycles. The van der Waals surface area contributed by atoms with Crippen molar-refractivity contribution in [1.82, 2.24) is 15.6 Å². The Balaban J connectivity index is 1.20. The molecule has 10 heteroatoms. The number of hydrogen-bond donors (Lipinski definition) is 2. The summed E-state index contributed by atoms with van der Waals surface area (Å²) in [6, 6.07) is 14.0. The number of nitrogens with zero attached hydrogens (tertiary/aromatic N) is 2. The molecular formula is C30H38N4O5S. The summed E-state index contributed by atoms with van der Waals surface area (Å²) in [5, 5.41) is 6.07. The van der Waals surface area contributed by atoms with E-state index in [1.807, 2.05) is 52.0 Å². The fourth-order valence-electron chi connectivity index (χ4n) is 4.34. The Hall–Kier alpha value is -3.63. The van der Waals surface area contributed by atoms with E-state index < -0.39 is 11.7 Å². The van der Waals surface area contributed by atoms with E-state index in [9.17, 15) is 9.59 Å². The number of amides is 2. The van der Waals surface area contributed by atoms with Gasteiger partial charge >= 0.3 is 6.09 Å². The molecule has 0 bridgehead atoms. The molecule has 0 unspecified atom stereocenters. The van der Waals surface area contributed by atoms with Crippen LogP contribution >= 0.6 is 11.3 Å². The highest BCUT2D eigenvalue weighted by molar-refractivity contribution is 7.14. The number of likely N-dealkylation sites (N-methyl/N-ethyl adjacent to an activating group) is 1. The van der Waals surface area contributed by atoms with Gasteiger partial charge < -0.3 is 29.7 Å². The van der Waals surface area contributed by atoms with Crippen molar-refractivity contribution in [3.05, 3.63) is 63.5 Å². The molecule has 0 atom stereocenters. The molecule has 1 aliphatic rings. The molecule has 0 fully saturated rings. The van der Waals surface area contributed by atoms with Crippen LogP contribution in [0.2, 0.25) is 0 Å². The van der Waals surface area contributed by atoms with Crippen LogP contribution in [0.15, 0.2) is 42.5 Å². The van der Waals surface area contributed by atoms with Crippen molar-refractivity contribution in [3.63, 3.8) is 0 Å². The third-order valence-electron chi connectivity index (χ3n) is 6.23. The zero-order valence-electron chi connectivity index (χ0n) is 23.8. The van der Waals surface area contributed by atoms with Crippen LogP contribution in [0.5, 0.6) is 5.75 Å². The molecule has 40 heavy (non-hydrogen) atoms. The number of anilines is 1. The molecule has 0 saturated heterocycles. The summed E-state index contributed by atoms with van der Waals surface area (Å²) in [7, 11) is 2.11. The quantitative estimate of drug-likeness (QED) is 0.316. The number of nitrogens with one attached hydrogen (secondary N) is 2. The molecule has 1 aromatic heterocycles. The van der Waals surface area contributed by atoms with Crippen LogP contribution in [-0.4, -0.2) is 62.5 Å². The van der Waals surface area contributed by atoms with Gasteiger partial charge in [0.15, 0.2) is 5.01 Å². The lowest BCUT2D eigenvalue weighted by Gasteiger charge is -2.19. The first-order valence-corrected chi connectivity index (χ1v) is 14.3. The summed E-state index contributed by atoms with van der Waals surface area (Å²) >= 11 is 1.41. The first-order valence-electron chi connectivity index (χ1n) is 13.5.